The van der Waals surface area contributed by atoms with E-state index in [0.29, 0.717) is 13.0 Å². The van der Waals surface area contributed by atoms with Crippen LogP contribution in [0, 0.1) is 5.92 Å². The van der Waals surface area contributed by atoms with E-state index < -0.39 is 11.8 Å². The molecule has 116 valence electrons. The van der Waals surface area contributed by atoms with E-state index in [1.165, 1.54) is 5.54 Å². The van der Waals surface area contributed by atoms with Crippen molar-refractivity contribution in [2.75, 3.05) is 18.0 Å². The quantitative estimate of drug-likeness (QED) is 0.795. The van der Waals surface area contributed by atoms with Crippen LogP contribution in [0.5, 0.6) is 0 Å². The number of benzene rings is 2. The molecular weight excluding hydrogens is 279 g/mol. The number of hydrogen-bond acceptors (Lipinski definition) is 2. The van der Waals surface area contributed by atoms with Crippen LogP contribution in [0.2, 0.25) is 0 Å². The zero-order valence-corrected chi connectivity index (χ0v) is 12.7. The molecule has 0 spiro atoms. The van der Waals surface area contributed by atoms with Gasteiger partial charge in [-0.1, -0.05) is 48.5 Å². The number of nitrogens with one attached hydrogen (secondary N) is 1. The van der Waals surface area contributed by atoms with Crippen molar-refractivity contribution < 1.29 is 9.28 Å². The summed E-state index contributed by atoms with van der Waals surface area (Å²) in [6, 6.07) is 19.5. The van der Waals surface area contributed by atoms with Crippen LogP contribution >= 0.6 is 0 Å². The Bertz CT molecular complexity index is 574. The Morgan fingerprint density at radius 2 is 1.68 bits per heavy atom. The van der Waals surface area contributed by atoms with Crippen molar-refractivity contribution in [3.8, 4) is 0 Å². The number of carbonyl (C=O) groups excluding carboxylic acids is 1. The molecule has 0 unspecified atom stereocenters. The monoisotopic (exact) mass is 300 g/mol. The number of amides is 1. The molecule has 0 bridgehead atoms. The van der Waals surface area contributed by atoms with Gasteiger partial charge < -0.3 is 4.90 Å². The number of hydrogen-bond donors (Lipinski definition) is 1. The number of halogens is 1. The van der Waals surface area contributed by atoms with Crippen molar-refractivity contribution in [1.82, 2.24) is 5.54 Å². The molecule has 0 heterocycles. The molecule has 2 rings (SSSR count). The number of carbonyl (C=O) groups is 1. The average molecular weight is 300 g/mol. The third-order valence-electron chi connectivity index (χ3n) is 3.73. The fraction of sp³-hybridized carbons (Fsp3) is 0.278. The Labute approximate surface area is 130 Å². The van der Waals surface area contributed by atoms with E-state index in [1.54, 1.807) is 0 Å². The van der Waals surface area contributed by atoms with E-state index in [9.17, 15) is 9.28 Å². The third kappa shape index (κ3) is 4.32. The first-order chi connectivity index (χ1) is 10.7. The van der Waals surface area contributed by atoms with Crippen molar-refractivity contribution in [2.24, 2.45) is 5.92 Å². The van der Waals surface area contributed by atoms with Gasteiger partial charge in [-0.3, -0.25) is 4.79 Å². The Kier molecular flexibility index (Phi) is 5.95. The second kappa shape index (κ2) is 8.17. The third-order valence-corrected chi connectivity index (χ3v) is 3.73. The van der Waals surface area contributed by atoms with E-state index in [1.807, 2.05) is 67.6 Å². The normalized spacial score (nSPS) is 11.7. The maximum Gasteiger partial charge on any atom is 0.252 e. The fourth-order valence-corrected chi connectivity index (χ4v) is 2.54. The topological polar surface area (TPSA) is 32.3 Å². The van der Waals surface area contributed by atoms with Crippen LogP contribution in [0.3, 0.4) is 0 Å². The van der Waals surface area contributed by atoms with E-state index in [2.05, 4.69) is 4.90 Å². The second-order valence-corrected chi connectivity index (χ2v) is 5.22. The van der Waals surface area contributed by atoms with Gasteiger partial charge in [0, 0.05) is 18.8 Å². The highest BCUT2D eigenvalue weighted by Crippen LogP contribution is 2.17. The number of anilines is 1. The minimum absolute atomic E-state index is 0.437. The van der Waals surface area contributed by atoms with Crippen LogP contribution in [0.15, 0.2) is 60.7 Å². The lowest BCUT2D eigenvalue weighted by atomic mass is 9.97. The predicted octanol–water partition coefficient (Wildman–Crippen LogP) is 3.37. The first kappa shape index (κ1) is 16.0. The van der Waals surface area contributed by atoms with Gasteiger partial charge in [0.2, 0.25) is 0 Å². The SMILES string of the molecule is CCN(C[C@@H](Cc1ccccc1)C(=O)NF)c1ccccc1. The van der Waals surface area contributed by atoms with Crippen LogP contribution in [-0.2, 0) is 11.2 Å². The maximum absolute atomic E-state index is 12.7. The summed E-state index contributed by atoms with van der Waals surface area (Å²) in [5.74, 6) is -1.01. The molecule has 0 radical (unpaired) electrons. The average Bonchev–Trinajstić information content (AvgIpc) is 2.59. The van der Waals surface area contributed by atoms with Crippen LogP contribution < -0.4 is 10.4 Å². The summed E-state index contributed by atoms with van der Waals surface area (Å²) in [5.41, 5.74) is 3.37. The molecule has 0 aromatic heterocycles. The maximum atomic E-state index is 12.7. The van der Waals surface area contributed by atoms with Gasteiger partial charge in [-0.05, 0) is 31.0 Å². The van der Waals surface area contributed by atoms with E-state index in [0.717, 1.165) is 17.8 Å². The van der Waals surface area contributed by atoms with Crippen molar-refractivity contribution in [1.29, 1.82) is 0 Å². The van der Waals surface area contributed by atoms with Gasteiger partial charge in [0.15, 0.2) is 0 Å². The molecular formula is C18H21FN2O. The molecule has 2 aromatic rings. The summed E-state index contributed by atoms with van der Waals surface area (Å²) in [6.45, 7) is 3.26. The zero-order chi connectivity index (χ0) is 15.8. The minimum Gasteiger partial charge on any atom is -0.371 e. The molecule has 0 saturated carbocycles. The van der Waals surface area contributed by atoms with Crippen molar-refractivity contribution >= 4 is 11.6 Å². The molecule has 1 atom stereocenters. The highest BCUT2D eigenvalue weighted by molar-refractivity contribution is 5.78. The molecule has 4 heteroatoms. The van der Waals surface area contributed by atoms with Gasteiger partial charge in [-0.15, -0.1) is 4.48 Å². The Hall–Kier alpha value is -2.36. The highest BCUT2D eigenvalue weighted by Gasteiger charge is 2.22. The molecule has 0 saturated heterocycles. The molecule has 1 N–H and O–H groups in total. The first-order valence-electron chi connectivity index (χ1n) is 7.49. The van der Waals surface area contributed by atoms with E-state index in [4.69, 9.17) is 0 Å². The van der Waals surface area contributed by atoms with Gasteiger partial charge in [-0.25, -0.2) is 0 Å². The molecule has 0 fully saturated rings. The second-order valence-electron chi connectivity index (χ2n) is 5.22. The van der Waals surface area contributed by atoms with Gasteiger partial charge in [0.25, 0.3) is 5.91 Å². The number of nitrogens with zero attached hydrogens (tertiary/aromatic N) is 1. The smallest absolute Gasteiger partial charge is 0.252 e. The summed E-state index contributed by atoms with van der Waals surface area (Å²) < 4.78 is 12.7. The van der Waals surface area contributed by atoms with Crippen molar-refractivity contribution in [2.45, 2.75) is 13.3 Å². The zero-order valence-electron chi connectivity index (χ0n) is 12.7. The highest BCUT2D eigenvalue weighted by atomic mass is 19.2. The van der Waals surface area contributed by atoms with Gasteiger partial charge >= 0.3 is 0 Å². The van der Waals surface area contributed by atoms with Crippen LogP contribution in [0.25, 0.3) is 0 Å². The summed E-state index contributed by atoms with van der Waals surface area (Å²) in [7, 11) is 0. The van der Waals surface area contributed by atoms with Crippen LogP contribution in [0.1, 0.15) is 12.5 Å². The number of rotatable bonds is 7. The van der Waals surface area contributed by atoms with Crippen LogP contribution in [0.4, 0.5) is 10.2 Å². The summed E-state index contributed by atoms with van der Waals surface area (Å²) in [5, 5.41) is 0. The fourth-order valence-electron chi connectivity index (χ4n) is 2.54. The van der Waals surface area contributed by atoms with Crippen molar-refractivity contribution in [3.63, 3.8) is 0 Å². The standard InChI is InChI=1S/C18H21FN2O/c1-2-21(17-11-7-4-8-12-17)14-16(18(22)20-19)13-15-9-5-3-6-10-15/h3-12,16H,2,13-14H2,1H3,(H,20,22)/t16-/m1/s1. The largest absolute Gasteiger partial charge is 0.371 e. The molecule has 1 amide bonds. The molecule has 22 heavy (non-hydrogen) atoms. The summed E-state index contributed by atoms with van der Waals surface area (Å²) in [4.78, 5) is 14.0. The van der Waals surface area contributed by atoms with Gasteiger partial charge in [-0.2, -0.15) is 5.54 Å². The molecule has 0 aliphatic heterocycles. The minimum atomic E-state index is -0.571. The predicted molar refractivity (Wildman–Crippen MR) is 87.2 cm³/mol. The number of para-hydroxylation sites is 1. The van der Waals surface area contributed by atoms with Gasteiger partial charge in [0.05, 0.1) is 5.92 Å². The first-order valence-corrected chi connectivity index (χ1v) is 7.49. The Balaban J connectivity index is 2.13. The Morgan fingerprint density at radius 3 is 2.23 bits per heavy atom. The lowest BCUT2D eigenvalue weighted by Crippen LogP contribution is -2.38. The molecule has 3 nitrogen and oxygen atoms in total. The van der Waals surface area contributed by atoms with Gasteiger partial charge in [0.1, 0.15) is 0 Å². The lowest BCUT2D eigenvalue weighted by molar-refractivity contribution is -0.129. The summed E-state index contributed by atoms with van der Waals surface area (Å²) in [6.07, 6.45) is 0.514. The molecule has 2 aromatic carbocycles. The van der Waals surface area contributed by atoms with Crippen LogP contribution in [-0.4, -0.2) is 19.0 Å². The van der Waals surface area contributed by atoms with E-state index in [-0.39, 0.29) is 0 Å². The summed E-state index contributed by atoms with van der Waals surface area (Å²) >= 11 is 0. The van der Waals surface area contributed by atoms with Crippen molar-refractivity contribution in [3.05, 3.63) is 66.2 Å². The van der Waals surface area contributed by atoms with E-state index >= 15 is 0 Å². The lowest BCUT2D eigenvalue weighted by Gasteiger charge is -2.27. The Morgan fingerprint density at radius 1 is 1.09 bits per heavy atom. The molecule has 0 aliphatic carbocycles. The molecule has 0 aliphatic rings.